The second-order valence-corrected chi connectivity index (χ2v) is 4.72. The van der Waals surface area contributed by atoms with E-state index in [-0.39, 0.29) is 0 Å². The molecule has 0 saturated carbocycles. The van der Waals surface area contributed by atoms with Gasteiger partial charge in [0.25, 0.3) is 0 Å². The Hall–Kier alpha value is -1.64. The minimum atomic E-state index is 0.608. The summed E-state index contributed by atoms with van der Waals surface area (Å²) in [6.45, 7) is 1.51. The van der Waals surface area contributed by atoms with E-state index in [1.165, 1.54) is 16.7 Å². The Labute approximate surface area is 108 Å². The lowest BCUT2D eigenvalue weighted by Gasteiger charge is -2.29. The van der Waals surface area contributed by atoms with Gasteiger partial charge in [-0.2, -0.15) is 0 Å². The molecule has 92 valence electrons. The molecule has 0 aliphatic heterocycles. The van der Waals surface area contributed by atoms with Gasteiger partial charge in [-0.25, -0.2) is 5.48 Å². The van der Waals surface area contributed by atoms with Crippen LogP contribution in [0.1, 0.15) is 22.6 Å². The van der Waals surface area contributed by atoms with Gasteiger partial charge in [0.05, 0.1) is 6.61 Å². The van der Waals surface area contributed by atoms with Gasteiger partial charge in [0, 0.05) is 12.5 Å². The number of hydrogen-bond donors (Lipinski definition) is 1. The summed E-state index contributed by atoms with van der Waals surface area (Å²) in [6.07, 6.45) is 1.16. The molecule has 2 heteroatoms. The van der Waals surface area contributed by atoms with Gasteiger partial charge >= 0.3 is 0 Å². The third kappa shape index (κ3) is 2.45. The second-order valence-electron chi connectivity index (χ2n) is 4.72. The van der Waals surface area contributed by atoms with E-state index in [1.54, 1.807) is 0 Å². The fraction of sp³-hybridized carbons (Fsp3) is 0.250. The molecule has 1 N–H and O–H groups in total. The first-order valence-corrected chi connectivity index (χ1v) is 6.40. The molecule has 0 heterocycles. The van der Waals surface area contributed by atoms with Crippen LogP contribution in [0.5, 0.6) is 0 Å². The molecular weight excluding hydrogens is 222 g/mol. The minimum Gasteiger partial charge on any atom is -0.297 e. The van der Waals surface area contributed by atoms with E-state index in [4.69, 9.17) is 4.84 Å². The average Bonchev–Trinajstić information content (AvgIpc) is 2.40. The summed E-state index contributed by atoms with van der Waals surface area (Å²) in [5, 5.41) is 0. The lowest BCUT2D eigenvalue weighted by molar-refractivity contribution is 0.0235. The molecule has 0 radical (unpaired) electrons. The van der Waals surface area contributed by atoms with Crippen molar-refractivity contribution < 1.29 is 4.84 Å². The number of benzene rings is 2. The molecule has 1 unspecified atom stereocenters. The SMILES string of the molecule is c1ccc(CONCC2Cc3ccccc32)cc1. The molecule has 1 aliphatic carbocycles. The first-order valence-electron chi connectivity index (χ1n) is 6.40. The lowest BCUT2D eigenvalue weighted by atomic mass is 9.78. The predicted octanol–water partition coefficient (Wildman–Crippen LogP) is 3.05. The molecule has 2 aromatic rings. The highest BCUT2D eigenvalue weighted by Crippen LogP contribution is 2.33. The zero-order valence-corrected chi connectivity index (χ0v) is 10.3. The van der Waals surface area contributed by atoms with Crippen molar-refractivity contribution in [1.82, 2.24) is 5.48 Å². The quantitative estimate of drug-likeness (QED) is 0.639. The summed E-state index contributed by atoms with van der Waals surface area (Å²) < 4.78 is 0. The molecule has 0 saturated heterocycles. The molecule has 0 spiro atoms. The molecule has 2 nitrogen and oxygen atoms in total. The molecule has 1 aliphatic rings. The summed E-state index contributed by atoms with van der Waals surface area (Å²) in [7, 11) is 0. The van der Waals surface area contributed by atoms with E-state index in [9.17, 15) is 0 Å². The van der Waals surface area contributed by atoms with Gasteiger partial charge in [-0.05, 0) is 23.1 Å². The smallest absolute Gasteiger partial charge is 0.0933 e. The van der Waals surface area contributed by atoms with Crippen molar-refractivity contribution in [1.29, 1.82) is 0 Å². The Morgan fingerprint density at radius 2 is 1.78 bits per heavy atom. The maximum absolute atomic E-state index is 5.49. The second kappa shape index (κ2) is 5.34. The molecule has 0 aromatic heterocycles. The van der Waals surface area contributed by atoms with Crippen LogP contribution in [0.3, 0.4) is 0 Å². The number of hydrogen-bond acceptors (Lipinski definition) is 2. The molecule has 18 heavy (non-hydrogen) atoms. The van der Waals surface area contributed by atoms with E-state index in [0.717, 1.165) is 13.0 Å². The normalized spacial score (nSPS) is 17.0. The van der Waals surface area contributed by atoms with Gasteiger partial charge in [0.2, 0.25) is 0 Å². The highest BCUT2D eigenvalue weighted by atomic mass is 16.6. The number of fused-ring (bicyclic) bond motifs is 1. The van der Waals surface area contributed by atoms with E-state index in [1.807, 2.05) is 18.2 Å². The number of rotatable bonds is 5. The molecule has 0 fully saturated rings. The van der Waals surface area contributed by atoms with Gasteiger partial charge < -0.3 is 0 Å². The van der Waals surface area contributed by atoms with Crippen molar-refractivity contribution >= 4 is 0 Å². The van der Waals surface area contributed by atoms with Crippen LogP contribution in [0.4, 0.5) is 0 Å². The molecule has 0 amide bonds. The van der Waals surface area contributed by atoms with Crippen LogP contribution >= 0.6 is 0 Å². The van der Waals surface area contributed by atoms with Crippen molar-refractivity contribution in [3.8, 4) is 0 Å². The molecule has 2 aromatic carbocycles. The topological polar surface area (TPSA) is 21.3 Å². The maximum Gasteiger partial charge on any atom is 0.0933 e. The van der Waals surface area contributed by atoms with Gasteiger partial charge in [-0.1, -0.05) is 54.6 Å². The van der Waals surface area contributed by atoms with E-state index < -0.39 is 0 Å². The zero-order chi connectivity index (χ0) is 12.2. The summed E-state index contributed by atoms with van der Waals surface area (Å²) in [6, 6.07) is 18.8. The van der Waals surface area contributed by atoms with Gasteiger partial charge in [-0.3, -0.25) is 4.84 Å². The van der Waals surface area contributed by atoms with Crippen LogP contribution in [0.15, 0.2) is 54.6 Å². The summed E-state index contributed by atoms with van der Waals surface area (Å²) >= 11 is 0. The Balaban J connectivity index is 1.42. The average molecular weight is 239 g/mol. The monoisotopic (exact) mass is 239 g/mol. The summed E-state index contributed by atoms with van der Waals surface area (Å²) in [5.41, 5.74) is 7.22. The maximum atomic E-state index is 5.49. The molecule has 1 atom stereocenters. The first-order chi connectivity index (χ1) is 8.93. The van der Waals surface area contributed by atoms with Crippen LogP contribution in [0.2, 0.25) is 0 Å². The van der Waals surface area contributed by atoms with Crippen LogP contribution in [-0.4, -0.2) is 6.54 Å². The van der Waals surface area contributed by atoms with Gasteiger partial charge in [-0.15, -0.1) is 0 Å². The Bertz CT molecular complexity index is 510. The molecule has 0 bridgehead atoms. The van der Waals surface area contributed by atoms with E-state index in [0.29, 0.717) is 12.5 Å². The van der Waals surface area contributed by atoms with Crippen molar-refractivity contribution in [2.24, 2.45) is 0 Å². The van der Waals surface area contributed by atoms with Gasteiger partial charge in [0.1, 0.15) is 0 Å². The zero-order valence-electron chi connectivity index (χ0n) is 10.3. The van der Waals surface area contributed by atoms with Crippen molar-refractivity contribution in [3.05, 3.63) is 71.3 Å². The van der Waals surface area contributed by atoms with Crippen molar-refractivity contribution in [2.45, 2.75) is 18.9 Å². The van der Waals surface area contributed by atoms with Crippen LogP contribution in [0.25, 0.3) is 0 Å². The first kappa shape index (κ1) is 11.5. The lowest BCUT2D eigenvalue weighted by Crippen LogP contribution is -2.29. The Morgan fingerprint density at radius 3 is 2.61 bits per heavy atom. The van der Waals surface area contributed by atoms with Crippen LogP contribution in [0, 0.1) is 0 Å². The third-order valence-electron chi connectivity index (χ3n) is 3.47. The summed E-state index contributed by atoms with van der Waals surface area (Å²) in [5.74, 6) is 0.608. The fourth-order valence-electron chi connectivity index (χ4n) is 2.41. The van der Waals surface area contributed by atoms with Crippen molar-refractivity contribution in [2.75, 3.05) is 6.54 Å². The van der Waals surface area contributed by atoms with E-state index >= 15 is 0 Å². The van der Waals surface area contributed by atoms with Crippen LogP contribution in [-0.2, 0) is 17.9 Å². The fourth-order valence-corrected chi connectivity index (χ4v) is 2.41. The third-order valence-corrected chi connectivity index (χ3v) is 3.47. The highest BCUT2D eigenvalue weighted by molar-refractivity contribution is 5.40. The highest BCUT2D eigenvalue weighted by Gasteiger charge is 2.24. The summed E-state index contributed by atoms with van der Waals surface area (Å²) in [4.78, 5) is 5.49. The number of nitrogens with one attached hydrogen (secondary N) is 1. The van der Waals surface area contributed by atoms with Crippen LogP contribution < -0.4 is 5.48 Å². The standard InChI is InChI=1S/C16H17NO/c1-2-6-13(7-3-1)12-18-17-11-15-10-14-8-4-5-9-16(14)15/h1-9,15,17H,10-12H2. The van der Waals surface area contributed by atoms with Gasteiger partial charge in [0.15, 0.2) is 0 Å². The number of hydroxylamine groups is 1. The van der Waals surface area contributed by atoms with Crippen molar-refractivity contribution in [3.63, 3.8) is 0 Å². The largest absolute Gasteiger partial charge is 0.297 e. The Kier molecular flexibility index (Phi) is 3.40. The Morgan fingerprint density at radius 1 is 1.00 bits per heavy atom. The molecular formula is C16H17NO. The minimum absolute atomic E-state index is 0.608. The molecule has 3 rings (SSSR count). The predicted molar refractivity (Wildman–Crippen MR) is 72.1 cm³/mol. The van der Waals surface area contributed by atoms with E-state index in [2.05, 4.69) is 41.9 Å².